The lowest BCUT2D eigenvalue weighted by atomic mass is 9.84. The Labute approximate surface area is 109 Å². The number of likely N-dealkylation sites (tertiary alicyclic amines) is 1. The molecule has 1 aliphatic rings. The minimum atomic E-state index is -0.00186. The quantitative estimate of drug-likeness (QED) is 0.878. The number of nitrogens with one attached hydrogen (secondary N) is 1. The summed E-state index contributed by atoms with van der Waals surface area (Å²) in [6.45, 7) is 6.10. The zero-order valence-corrected chi connectivity index (χ0v) is 11.4. The van der Waals surface area contributed by atoms with Crippen LogP contribution in [0.4, 0.5) is 0 Å². The van der Waals surface area contributed by atoms with Crippen LogP contribution in [0.5, 0.6) is 0 Å². The highest BCUT2D eigenvalue weighted by molar-refractivity contribution is 5.83. The van der Waals surface area contributed by atoms with Crippen molar-refractivity contribution in [2.24, 2.45) is 0 Å². The first kappa shape index (κ1) is 13.1. The molecule has 0 radical (unpaired) electrons. The molecule has 3 heteroatoms. The third-order valence-corrected chi connectivity index (χ3v) is 3.77. The van der Waals surface area contributed by atoms with E-state index in [1.54, 1.807) is 4.90 Å². The highest BCUT2D eigenvalue weighted by atomic mass is 16.2. The van der Waals surface area contributed by atoms with Crippen LogP contribution in [0.25, 0.3) is 0 Å². The second-order valence-corrected chi connectivity index (χ2v) is 5.73. The van der Waals surface area contributed by atoms with Crippen molar-refractivity contribution in [1.82, 2.24) is 10.2 Å². The number of carbonyl (C=O) groups excluding carboxylic acids is 1. The number of rotatable bonds is 4. The summed E-state index contributed by atoms with van der Waals surface area (Å²) in [6, 6.07) is 10.4. The second-order valence-electron chi connectivity index (χ2n) is 5.73. The molecular weight excluding hydrogens is 224 g/mol. The third-order valence-electron chi connectivity index (χ3n) is 3.77. The number of carbonyl (C=O) groups is 1. The predicted molar refractivity (Wildman–Crippen MR) is 73.5 cm³/mol. The monoisotopic (exact) mass is 246 g/mol. The molecule has 1 heterocycles. The molecule has 1 amide bonds. The van der Waals surface area contributed by atoms with Crippen molar-refractivity contribution in [2.45, 2.75) is 31.7 Å². The number of benzene rings is 1. The van der Waals surface area contributed by atoms with Crippen molar-refractivity contribution < 1.29 is 4.79 Å². The Kier molecular flexibility index (Phi) is 3.71. The number of nitrogens with zero attached hydrogens (tertiary/aromatic N) is 1. The van der Waals surface area contributed by atoms with Crippen LogP contribution in [-0.2, 0) is 10.2 Å². The fraction of sp³-hybridized carbons (Fsp3) is 0.533. The molecule has 1 aromatic carbocycles. The Morgan fingerprint density at radius 2 is 2.00 bits per heavy atom. The van der Waals surface area contributed by atoms with Crippen molar-refractivity contribution in [3.05, 3.63) is 35.9 Å². The van der Waals surface area contributed by atoms with E-state index in [-0.39, 0.29) is 17.4 Å². The van der Waals surface area contributed by atoms with Crippen molar-refractivity contribution in [1.29, 1.82) is 0 Å². The maximum Gasteiger partial charge on any atom is 0.239 e. The van der Waals surface area contributed by atoms with Crippen LogP contribution >= 0.6 is 0 Å². The fourth-order valence-electron chi connectivity index (χ4n) is 2.38. The second kappa shape index (κ2) is 5.11. The smallest absolute Gasteiger partial charge is 0.239 e. The summed E-state index contributed by atoms with van der Waals surface area (Å²) in [5.74, 6) is 0.221. The molecule has 0 spiro atoms. The minimum Gasteiger partial charge on any atom is -0.344 e. The fourth-order valence-corrected chi connectivity index (χ4v) is 2.38. The van der Waals surface area contributed by atoms with Crippen molar-refractivity contribution in [3.8, 4) is 0 Å². The molecule has 1 aromatic rings. The van der Waals surface area contributed by atoms with Crippen LogP contribution in [0.3, 0.4) is 0 Å². The Morgan fingerprint density at radius 3 is 2.56 bits per heavy atom. The average Bonchev–Trinajstić information content (AvgIpc) is 2.69. The van der Waals surface area contributed by atoms with E-state index in [0.29, 0.717) is 0 Å². The molecule has 1 saturated heterocycles. The molecule has 1 aliphatic heterocycles. The third kappa shape index (κ3) is 2.72. The molecule has 18 heavy (non-hydrogen) atoms. The van der Waals surface area contributed by atoms with Gasteiger partial charge in [-0.25, -0.2) is 0 Å². The van der Waals surface area contributed by atoms with E-state index in [4.69, 9.17) is 0 Å². The van der Waals surface area contributed by atoms with Gasteiger partial charge in [0.1, 0.15) is 0 Å². The molecular formula is C15H22N2O. The Morgan fingerprint density at radius 1 is 1.33 bits per heavy atom. The van der Waals surface area contributed by atoms with Gasteiger partial charge in [0.15, 0.2) is 0 Å². The Hall–Kier alpha value is -1.35. The summed E-state index contributed by atoms with van der Waals surface area (Å²) in [4.78, 5) is 13.6. The van der Waals surface area contributed by atoms with Gasteiger partial charge in [-0.05, 0) is 12.0 Å². The summed E-state index contributed by atoms with van der Waals surface area (Å²) in [5.41, 5.74) is 1.35. The maximum absolute atomic E-state index is 11.8. The maximum atomic E-state index is 11.8. The molecule has 2 rings (SSSR count). The van der Waals surface area contributed by atoms with E-state index in [1.165, 1.54) is 5.56 Å². The van der Waals surface area contributed by atoms with E-state index in [2.05, 4.69) is 43.4 Å². The first-order valence-electron chi connectivity index (χ1n) is 6.54. The van der Waals surface area contributed by atoms with Gasteiger partial charge >= 0.3 is 0 Å². The number of hydrogen-bond acceptors (Lipinski definition) is 2. The van der Waals surface area contributed by atoms with Crippen LogP contribution in [0, 0.1) is 0 Å². The number of hydrogen-bond donors (Lipinski definition) is 1. The van der Waals surface area contributed by atoms with Gasteiger partial charge in [0, 0.05) is 25.6 Å². The number of likely N-dealkylation sites (N-methyl/N-ethyl adjacent to an activating group) is 1. The average molecular weight is 246 g/mol. The SMILES string of the molecule is CN1CCC(NCC(C)(C)c2ccccc2)C1=O. The van der Waals surface area contributed by atoms with Gasteiger partial charge in [-0.3, -0.25) is 4.79 Å². The highest BCUT2D eigenvalue weighted by Gasteiger charge is 2.30. The summed E-state index contributed by atoms with van der Waals surface area (Å²) in [5, 5.41) is 3.41. The molecule has 98 valence electrons. The van der Waals surface area contributed by atoms with Gasteiger partial charge in [-0.15, -0.1) is 0 Å². The molecule has 1 N–H and O–H groups in total. The van der Waals surface area contributed by atoms with Crippen molar-refractivity contribution in [2.75, 3.05) is 20.1 Å². The molecule has 3 nitrogen and oxygen atoms in total. The van der Waals surface area contributed by atoms with E-state index in [9.17, 15) is 4.79 Å². The van der Waals surface area contributed by atoms with E-state index < -0.39 is 0 Å². The number of amides is 1. The lowest BCUT2D eigenvalue weighted by Gasteiger charge is -2.27. The topological polar surface area (TPSA) is 32.3 Å². The standard InChI is InChI=1S/C15H22N2O/c1-15(2,12-7-5-4-6-8-12)11-16-13-9-10-17(3)14(13)18/h4-8,13,16H,9-11H2,1-3H3. The Bertz CT molecular complexity index is 414. The molecule has 0 aromatic heterocycles. The summed E-state index contributed by atoms with van der Waals surface area (Å²) in [6.07, 6.45) is 0.917. The van der Waals surface area contributed by atoms with E-state index >= 15 is 0 Å². The summed E-state index contributed by atoms with van der Waals surface area (Å²) in [7, 11) is 1.87. The first-order valence-corrected chi connectivity index (χ1v) is 6.54. The van der Waals surface area contributed by atoms with Gasteiger partial charge in [-0.1, -0.05) is 44.2 Å². The molecule has 0 aliphatic carbocycles. The van der Waals surface area contributed by atoms with Crippen molar-refractivity contribution in [3.63, 3.8) is 0 Å². The molecule has 1 unspecified atom stereocenters. The molecule has 0 bridgehead atoms. The molecule has 1 fully saturated rings. The lowest BCUT2D eigenvalue weighted by Crippen LogP contribution is -2.43. The minimum absolute atomic E-state index is 0.00186. The predicted octanol–water partition coefficient (Wildman–Crippen LogP) is 1.78. The van der Waals surface area contributed by atoms with Gasteiger partial charge in [0.25, 0.3) is 0 Å². The van der Waals surface area contributed by atoms with Crippen LogP contribution in [0.2, 0.25) is 0 Å². The van der Waals surface area contributed by atoms with Gasteiger partial charge in [-0.2, -0.15) is 0 Å². The lowest BCUT2D eigenvalue weighted by molar-refractivity contribution is -0.128. The normalized spacial score (nSPS) is 20.5. The molecule has 1 atom stereocenters. The van der Waals surface area contributed by atoms with E-state index in [0.717, 1.165) is 19.5 Å². The Balaban J connectivity index is 1.96. The van der Waals surface area contributed by atoms with Gasteiger partial charge in [0.2, 0.25) is 5.91 Å². The zero-order chi connectivity index (χ0) is 13.2. The molecule has 0 saturated carbocycles. The largest absolute Gasteiger partial charge is 0.344 e. The summed E-state index contributed by atoms with van der Waals surface area (Å²) < 4.78 is 0. The first-order chi connectivity index (χ1) is 8.50. The highest BCUT2D eigenvalue weighted by Crippen LogP contribution is 2.22. The van der Waals surface area contributed by atoms with E-state index in [1.807, 2.05) is 13.1 Å². The van der Waals surface area contributed by atoms with Crippen LogP contribution in [-0.4, -0.2) is 37.0 Å². The van der Waals surface area contributed by atoms with Crippen LogP contribution in [0.15, 0.2) is 30.3 Å². The van der Waals surface area contributed by atoms with Crippen molar-refractivity contribution >= 4 is 5.91 Å². The summed E-state index contributed by atoms with van der Waals surface area (Å²) >= 11 is 0. The van der Waals surface area contributed by atoms with Crippen LogP contribution < -0.4 is 5.32 Å². The zero-order valence-electron chi connectivity index (χ0n) is 11.4. The van der Waals surface area contributed by atoms with Gasteiger partial charge < -0.3 is 10.2 Å². The van der Waals surface area contributed by atoms with Gasteiger partial charge in [0.05, 0.1) is 6.04 Å². The van der Waals surface area contributed by atoms with Crippen LogP contribution in [0.1, 0.15) is 25.8 Å².